The average molecular weight is 279 g/mol. The third-order valence-electron chi connectivity index (χ3n) is 2.56. The van der Waals surface area contributed by atoms with E-state index in [1.165, 1.54) is 16.0 Å². The van der Waals surface area contributed by atoms with Crippen LogP contribution in [0.4, 0.5) is 10.8 Å². The predicted molar refractivity (Wildman–Crippen MR) is 78.2 cm³/mol. The van der Waals surface area contributed by atoms with Gasteiger partial charge in [-0.15, -0.1) is 11.3 Å². The lowest BCUT2D eigenvalue weighted by Crippen LogP contribution is -2.24. The fourth-order valence-corrected chi connectivity index (χ4v) is 2.41. The van der Waals surface area contributed by atoms with Gasteiger partial charge < -0.3 is 10.2 Å². The van der Waals surface area contributed by atoms with Crippen LogP contribution in [0.5, 0.6) is 0 Å². The van der Waals surface area contributed by atoms with E-state index in [9.17, 15) is 4.79 Å². The highest BCUT2D eigenvalue weighted by atomic mass is 32.1. The molecule has 0 fully saturated rings. The van der Waals surface area contributed by atoms with Crippen molar-refractivity contribution >= 4 is 22.2 Å². The van der Waals surface area contributed by atoms with E-state index in [4.69, 9.17) is 0 Å². The molecule has 0 aromatic carbocycles. The van der Waals surface area contributed by atoms with Crippen LogP contribution in [0.25, 0.3) is 0 Å². The third-order valence-corrected chi connectivity index (χ3v) is 3.50. The van der Waals surface area contributed by atoms with Crippen molar-refractivity contribution in [2.75, 3.05) is 30.9 Å². The molecule has 2 aromatic rings. The zero-order valence-corrected chi connectivity index (χ0v) is 12.1. The number of anilines is 2. The third kappa shape index (κ3) is 3.31. The minimum Gasteiger partial charge on any atom is -0.376 e. The van der Waals surface area contributed by atoms with E-state index in [1.807, 2.05) is 25.9 Å². The Bertz CT molecular complexity index is 604. The lowest BCUT2D eigenvalue weighted by Gasteiger charge is -2.11. The number of hydrogen-bond donors (Lipinski definition) is 1. The molecule has 0 amide bonds. The monoisotopic (exact) mass is 279 g/mol. The summed E-state index contributed by atoms with van der Waals surface area (Å²) >= 11 is 1.54. The molecule has 1 N–H and O–H groups in total. The van der Waals surface area contributed by atoms with Gasteiger partial charge in [-0.05, 0) is 6.92 Å². The Labute approximate surface area is 115 Å². The second-order valence-corrected chi connectivity index (χ2v) is 5.38. The van der Waals surface area contributed by atoms with E-state index in [1.54, 1.807) is 18.5 Å². The van der Waals surface area contributed by atoms with Gasteiger partial charge in [0, 0.05) is 37.8 Å². The molecule has 0 atom stereocenters. The van der Waals surface area contributed by atoms with E-state index in [0.717, 1.165) is 22.2 Å². The fourth-order valence-electron chi connectivity index (χ4n) is 1.55. The molecule has 0 aliphatic carbocycles. The van der Waals surface area contributed by atoms with Crippen molar-refractivity contribution in [3.05, 3.63) is 33.7 Å². The van der Waals surface area contributed by atoms with Crippen LogP contribution in [0.1, 0.15) is 11.8 Å². The maximum Gasteiger partial charge on any atom is 0.269 e. The summed E-state index contributed by atoms with van der Waals surface area (Å²) in [4.78, 5) is 19.0. The summed E-state index contributed by atoms with van der Waals surface area (Å²) in [6.07, 6.45) is 3.46. The molecular weight excluding hydrogens is 262 g/mol. The van der Waals surface area contributed by atoms with E-state index in [0.29, 0.717) is 6.54 Å². The largest absolute Gasteiger partial charge is 0.376 e. The highest BCUT2D eigenvalue weighted by Crippen LogP contribution is 2.18. The van der Waals surface area contributed by atoms with Gasteiger partial charge in [-0.3, -0.25) is 4.79 Å². The van der Waals surface area contributed by atoms with Crippen molar-refractivity contribution in [3.63, 3.8) is 0 Å². The van der Waals surface area contributed by atoms with Crippen molar-refractivity contribution in [3.8, 4) is 0 Å². The van der Waals surface area contributed by atoms with Gasteiger partial charge in [0.2, 0.25) is 0 Å². The molecule has 2 aromatic heterocycles. The summed E-state index contributed by atoms with van der Waals surface area (Å²) in [5.74, 6) is 0. The number of hydrogen-bond acceptors (Lipinski definition) is 6. The molecule has 6 nitrogen and oxygen atoms in total. The predicted octanol–water partition coefficient (Wildman–Crippen LogP) is 1.25. The lowest BCUT2D eigenvalue weighted by molar-refractivity contribution is 0.644. The van der Waals surface area contributed by atoms with Crippen LogP contribution in [0.3, 0.4) is 0 Å². The van der Waals surface area contributed by atoms with Crippen LogP contribution in [0.15, 0.2) is 23.3 Å². The van der Waals surface area contributed by atoms with Gasteiger partial charge in [0.05, 0.1) is 18.4 Å². The molecule has 0 saturated heterocycles. The SMILES string of the molecule is CCNc1ncc(Cn2ncc(N(C)C)cc2=O)s1. The Morgan fingerprint density at radius 1 is 1.42 bits per heavy atom. The van der Waals surface area contributed by atoms with E-state index >= 15 is 0 Å². The maximum atomic E-state index is 11.9. The number of rotatable bonds is 5. The molecule has 0 unspecified atom stereocenters. The molecule has 102 valence electrons. The molecule has 19 heavy (non-hydrogen) atoms. The Kier molecular flexibility index (Phi) is 4.16. The first-order valence-electron chi connectivity index (χ1n) is 6.03. The zero-order valence-electron chi connectivity index (χ0n) is 11.3. The van der Waals surface area contributed by atoms with Crippen molar-refractivity contribution in [2.24, 2.45) is 0 Å². The second-order valence-electron chi connectivity index (χ2n) is 4.27. The van der Waals surface area contributed by atoms with Crippen LogP contribution < -0.4 is 15.8 Å². The molecular formula is C12H17N5OS. The van der Waals surface area contributed by atoms with E-state index < -0.39 is 0 Å². The van der Waals surface area contributed by atoms with Gasteiger partial charge in [-0.2, -0.15) is 5.10 Å². The Hall–Kier alpha value is -1.89. The van der Waals surface area contributed by atoms with Gasteiger partial charge in [0.1, 0.15) is 0 Å². The topological polar surface area (TPSA) is 63.1 Å². The minimum atomic E-state index is -0.107. The fraction of sp³-hybridized carbons (Fsp3) is 0.417. The van der Waals surface area contributed by atoms with Crippen molar-refractivity contribution in [1.29, 1.82) is 0 Å². The molecule has 2 rings (SSSR count). The summed E-state index contributed by atoms with van der Waals surface area (Å²) in [7, 11) is 3.76. The quantitative estimate of drug-likeness (QED) is 0.892. The van der Waals surface area contributed by atoms with Gasteiger partial charge >= 0.3 is 0 Å². The number of aromatic nitrogens is 3. The van der Waals surface area contributed by atoms with Crippen LogP contribution in [0, 0.1) is 0 Å². The summed E-state index contributed by atoms with van der Waals surface area (Å²) in [6.45, 7) is 3.31. The summed E-state index contributed by atoms with van der Waals surface area (Å²) < 4.78 is 1.44. The molecule has 0 bridgehead atoms. The number of nitrogens with one attached hydrogen (secondary N) is 1. The normalized spacial score (nSPS) is 10.5. The highest BCUT2D eigenvalue weighted by molar-refractivity contribution is 7.15. The van der Waals surface area contributed by atoms with Crippen molar-refractivity contribution in [2.45, 2.75) is 13.5 Å². The molecule has 0 saturated carbocycles. The molecule has 0 spiro atoms. The second kappa shape index (κ2) is 5.83. The first kappa shape index (κ1) is 13.5. The highest BCUT2D eigenvalue weighted by Gasteiger charge is 2.05. The van der Waals surface area contributed by atoms with E-state index in [2.05, 4.69) is 15.4 Å². The first-order valence-corrected chi connectivity index (χ1v) is 6.85. The smallest absolute Gasteiger partial charge is 0.269 e. The van der Waals surface area contributed by atoms with Gasteiger partial charge in [-0.25, -0.2) is 9.67 Å². The molecule has 0 aliphatic heterocycles. The lowest BCUT2D eigenvalue weighted by atomic mass is 10.4. The summed E-state index contributed by atoms with van der Waals surface area (Å²) in [5.41, 5.74) is 0.698. The number of nitrogens with zero attached hydrogens (tertiary/aromatic N) is 4. The zero-order chi connectivity index (χ0) is 13.8. The Morgan fingerprint density at radius 3 is 2.84 bits per heavy atom. The van der Waals surface area contributed by atoms with Gasteiger partial charge in [0.15, 0.2) is 5.13 Å². The van der Waals surface area contributed by atoms with Crippen LogP contribution >= 0.6 is 11.3 Å². The van der Waals surface area contributed by atoms with E-state index in [-0.39, 0.29) is 5.56 Å². The summed E-state index contributed by atoms with van der Waals surface area (Å²) in [5, 5.41) is 8.19. The van der Waals surface area contributed by atoms with Crippen LogP contribution in [-0.2, 0) is 6.54 Å². The first-order chi connectivity index (χ1) is 9.10. The van der Waals surface area contributed by atoms with Gasteiger partial charge in [0.25, 0.3) is 5.56 Å². The van der Waals surface area contributed by atoms with Crippen LogP contribution in [-0.4, -0.2) is 35.4 Å². The molecule has 2 heterocycles. The van der Waals surface area contributed by atoms with Crippen LogP contribution in [0.2, 0.25) is 0 Å². The molecule has 0 aliphatic rings. The maximum absolute atomic E-state index is 11.9. The number of thiazole rings is 1. The minimum absolute atomic E-state index is 0.107. The van der Waals surface area contributed by atoms with Crippen molar-refractivity contribution < 1.29 is 0 Å². The Morgan fingerprint density at radius 2 is 2.21 bits per heavy atom. The van der Waals surface area contributed by atoms with Crippen molar-refractivity contribution in [1.82, 2.24) is 14.8 Å². The summed E-state index contributed by atoms with van der Waals surface area (Å²) in [6, 6.07) is 1.58. The average Bonchev–Trinajstić information content (AvgIpc) is 2.79. The Balaban J connectivity index is 2.16. The van der Waals surface area contributed by atoms with Gasteiger partial charge in [-0.1, -0.05) is 0 Å². The standard InChI is InChI=1S/C12H17N5OS/c1-4-13-12-14-7-10(19-12)8-17-11(18)5-9(6-15-17)16(2)3/h5-7H,4,8H2,1-3H3,(H,13,14). The molecule has 7 heteroatoms. The molecule has 0 radical (unpaired) electrons.